The number of aromatic nitrogens is 2. The number of hydrogen-bond acceptors (Lipinski definition) is 4. The van der Waals surface area contributed by atoms with Crippen molar-refractivity contribution in [1.29, 1.82) is 0 Å². The van der Waals surface area contributed by atoms with E-state index >= 15 is 0 Å². The summed E-state index contributed by atoms with van der Waals surface area (Å²) in [5, 5.41) is 3.19. The molecule has 7 heteroatoms. The van der Waals surface area contributed by atoms with Crippen molar-refractivity contribution in [2.75, 3.05) is 33.5 Å². The van der Waals surface area contributed by atoms with Crippen LogP contribution in [0.4, 0.5) is 8.78 Å². The lowest BCUT2D eigenvalue weighted by Crippen LogP contribution is -2.21. The molecule has 1 rings (SSSR count). The highest BCUT2D eigenvalue weighted by molar-refractivity contribution is 4.97. The Balaban J connectivity index is 2.22. The van der Waals surface area contributed by atoms with Crippen LogP contribution in [0.2, 0.25) is 0 Å². The fourth-order valence-electron chi connectivity index (χ4n) is 1.42. The molecule has 0 unspecified atom stereocenters. The minimum absolute atomic E-state index is 0.256. The molecule has 0 aliphatic rings. The normalized spacial score (nSPS) is 11.3. The van der Waals surface area contributed by atoms with E-state index in [4.69, 9.17) is 9.47 Å². The van der Waals surface area contributed by atoms with Gasteiger partial charge >= 0.3 is 0 Å². The number of halogens is 2. The van der Waals surface area contributed by atoms with Crippen molar-refractivity contribution < 1.29 is 18.3 Å². The number of nitrogens with zero attached hydrogens (tertiary/aromatic N) is 2. The first-order chi connectivity index (χ1) is 8.74. The quantitative estimate of drug-likeness (QED) is 0.637. The molecule has 0 radical (unpaired) electrons. The fraction of sp³-hybridized carbons (Fsp3) is 0.727. The lowest BCUT2D eigenvalue weighted by atomic mass is 10.4. The zero-order chi connectivity index (χ0) is 13.2. The third kappa shape index (κ3) is 6.04. The van der Waals surface area contributed by atoms with Crippen molar-refractivity contribution in [2.45, 2.75) is 19.5 Å². The van der Waals surface area contributed by atoms with Crippen molar-refractivity contribution in [3.8, 4) is 0 Å². The van der Waals surface area contributed by atoms with Crippen LogP contribution in [0.5, 0.6) is 0 Å². The van der Waals surface area contributed by atoms with Gasteiger partial charge in [-0.1, -0.05) is 0 Å². The lowest BCUT2D eigenvalue weighted by molar-refractivity contribution is 0.0146. The Kier molecular flexibility index (Phi) is 7.47. The Bertz CT molecular complexity index is 321. The second-order valence-corrected chi connectivity index (χ2v) is 3.71. The minimum Gasteiger partial charge on any atom is -0.383 e. The fourth-order valence-corrected chi connectivity index (χ4v) is 1.42. The van der Waals surface area contributed by atoms with E-state index in [-0.39, 0.29) is 6.61 Å². The Morgan fingerprint density at radius 2 is 2.28 bits per heavy atom. The second-order valence-electron chi connectivity index (χ2n) is 3.71. The first-order valence-electron chi connectivity index (χ1n) is 5.78. The molecular weight excluding hydrogens is 244 g/mol. The van der Waals surface area contributed by atoms with Crippen LogP contribution in [0.25, 0.3) is 0 Å². The average molecular weight is 263 g/mol. The van der Waals surface area contributed by atoms with Gasteiger partial charge in [-0.3, -0.25) is 0 Å². The van der Waals surface area contributed by atoms with Gasteiger partial charge in [0.15, 0.2) is 0 Å². The third-order valence-corrected chi connectivity index (χ3v) is 2.31. The zero-order valence-electron chi connectivity index (χ0n) is 10.4. The van der Waals surface area contributed by atoms with Crippen molar-refractivity contribution in [2.24, 2.45) is 0 Å². The summed E-state index contributed by atoms with van der Waals surface area (Å²) >= 11 is 0. The highest BCUT2D eigenvalue weighted by Gasteiger charge is 2.04. The van der Waals surface area contributed by atoms with Crippen molar-refractivity contribution in [3.63, 3.8) is 0 Å². The second kappa shape index (κ2) is 8.96. The van der Waals surface area contributed by atoms with Crippen LogP contribution in [0.3, 0.4) is 0 Å². The molecule has 1 heterocycles. The first-order valence-corrected chi connectivity index (χ1v) is 5.78. The molecule has 0 aliphatic heterocycles. The van der Waals surface area contributed by atoms with Crippen LogP contribution < -0.4 is 5.32 Å². The van der Waals surface area contributed by atoms with E-state index in [0.717, 1.165) is 12.2 Å². The van der Waals surface area contributed by atoms with E-state index < -0.39 is 13.0 Å². The van der Waals surface area contributed by atoms with E-state index in [9.17, 15) is 8.78 Å². The molecule has 0 fully saturated rings. The number of nitrogens with one attached hydrogen (secondary N) is 1. The molecule has 0 spiro atoms. The van der Waals surface area contributed by atoms with Crippen LogP contribution in [0, 0.1) is 0 Å². The molecule has 0 atom stereocenters. The Labute approximate surface area is 105 Å². The van der Waals surface area contributed by atoms with Gasteiger partial charge in [0.1, 0.15) is 6.61 Å². The number of ether oxygens (including phenoxy) is 2. The Hall–Kier alpha value is -1.05. The molecule has 1 aromatic rings. The largest absolute Gasteiger partial charge is 0.383 e. The van der Waals surface area contributed by atoms with Gasteiger partial charge in [0.25, 0.3) is 6.43 Å². The maximum atomic E-state index is 11.9. The van der Waals surface area contributed by atoms with Gasteiger partial charge in [-0.2, -0.15) is 0 Å². The van der Waals surface area contributed by atoms with Crippen LogP contribution in [-0.2, 0) is 22.6 Å². The number of imidazole rings is 1. The molecular formula is C11H19F2N3O2. The molecule has 104 valence electrons. The molecule has 0 bridgehead atoms. The summed E-state index contributed by atoms with van der Waals surface area (Å²) in [6.45, 7) is 2.32. The Morgan fingerprint density at radius 3 is 3.00 bits per heavy atom. The maximum absolute atomic E-state index is 11.9. The minimum atomic E-state index is -2.41. The van der Waals surface area contributed by atoms with Crippen molar-refractivity contribution >= 4 is 0 Å². The van der Waals surface area contributed by atoms with E-state index in [2.05, 4.69) is 10.3 Å². The predicted octanol–water partition coefficient (Wildman–Crippen LogP) is 0.901. The molecule has 0 amide bonds. The molecule has 18 heavy (non-hydrogen) atoms. The number of alkyl halides is 2. The van der Waals surface area contributed by atoms with Gasteiger partial charge in [0.2, 0.25) is 0 Å². The van der Waals surface area contributed by atoms with Gasteiger partial charge in [-0.05, 0) is 0 Å². The van der Waals surface area contributed by atoms with E-state index in [1.54, 1.807) is 19.6 Å². The van der Waals surface area contributed by atoms with E-state index in [1.807, 2.05) is 4.57 Å². The highest BCUT2D eigenvalue weighted by Crippen LogP contribution is 2.00. The summed E-state index contributed by atoms with van der Waals surface area (Å²) in [5.74, 6) is 0. The SMILES string of the molecule is COCCNCc1cncn1CCOCC(F)F. The summed E-state index contributed by atoms with van der Waals surface area (Å²) in [7, 11) is 1.65. The van der Waals surface area contributed by atoms with Gasteiger partial charge in [0.05, 0.1) is 25.2 Å². The van der Waals surface area contributed by atoms with Gasteiger partial charge in [0, 0.05) is 32.9 Å². The summed E-state index contributed by atoms with van der Waals surface area (Å²) < 4.78 is 35.3. The maximum Gasteiger partial charge on any atom is 0.261 e. The van der Waals surface area contributed by atoms with Crippen LogP contribution in [0.1, 0.15) is 5.69 Å². The number of rotatable bonds is 10. The first kappa shape index (κ1) is 15.0. The summed E-state index contributed by atoms with van der Waals surface area (Å²) in [5.41, 5.74) is 0.992. The Morgan fingerprint density at radius 1 is 1.44 bits per heavy atom. The molecule has 0 saturated heterocycles. The molecule has 0 aliphatic carbocycles. The molecule has 5 nitrogen and oxygen atoms in total. The van der Waals surface area contributed by atoms with Crippen molar-refractivity contribution in [3.05, 3.63) is 18.2 Å². The van der Waals surface area contributed by atoms with Crippen LogP contribution in [0.15, 0.2) is 12.5 Å². The molecule has 1 aromatic heterocycles. The monoisotopic (exact) mass is 263 g/mol. The topological polar surface area (TPSA) is 48.3 Å². The van der Waals surface area contributed by atoms with E-state index in [1.165, 1.54) is 0 Å². The van der Waals surface area contributed by atoms with Crippen LogP contribution in [-0.4, -0.2) is 49.5 Å². The summed E-state index contributed by atoms with van der Waals surface area (Å²) in [6, 6.07) is 0. The smallest absolute Gasteiger partial charge is 0.261 e. The predicted molar refractivity (Wildman–Crippen MR) is 62.6 cm³/mol. The number of hydrogen-bond donors (Lipinski definition) is 1. The molecule has 1 N–H and O–H groups in total. The summed E-state index contributed by atoms with van der Waals surface area (Å²) in [4.78, 5) is 4.02. The van der Waals surface area contributed by atoms with Gasteiger partial charge in [-0.15, -0.1) is 0 Å². The number of methoxy groups -OCH3 is 1. The van der Waals surface area contributed by atoms with E-state index in [0.29, 0.717) is 19.7 Å². The molecule has 0 saturated carbocycles. The third-order valence-electron chi connectivity index (χ3n) is 2.31. The standard InChI is InChI=1S/C11H19F2N3O2/c1-17-4-2-14-6-10-7-15-9-16(10)3-5-18-8-11(12)13/h7,9,11,14H,2-6,8H2,1H3. The van der Waals surface area contributed by atoms with Gasteiger partial charge < -0.3 is 19.4 Å². The van der Waals surface area contributed by atoms with Crippen molar-refractivity contribution in [1.82, 2.24) is 14.9 Å². The highest BCUT2D eigenvalue weighted by atomic mass is 19.3. The average Bonchev–Trinajstić information content (AvgIpc) is 2.78. The van der Waals surface area contributed by atoms with Gasteiger partial charge in [-0.25, -0.2) is 13.8 Å². The summed E-state index contributed by atoms with van der Waals surface area (Å²) in [6.07, 6.45) is 0.995. The zero-order valence-corrected chi connectivity index (χ0v) is 10.4. The lowest BCUT2D eigenvalue weighted by Gasteiger charge is -2.09. The van der Waals surface area contributed by atoms with Crippen LogP contribution >= 0.6 is 0 Å². The molecule has 0 aromatic carbocycles.